The number of benzene rings is 2. The number of carbonyl (C=O) groups excluding carboxylic acids is 1. The lowest BCUT2D eigenvalue weighted by atomic mass is 10.1. The van der Waals surface area contributed by atoms with E-state index in [0.29, 0.717) is 6.54 Å². The number of nitro groups is 1. The van der Waals surface area contributed by atoms with Crippen LogP contribution in [0.3, 0.4) is 0 Å². The zero-order valence-electron chi connectivity index (χ0n) is 13.8. The van der Waals surface area contributed by atoms with Crippen LogP contribution in [0.15, 0.2) is 54.6 Å². The lowest BCUT2D eigenvalue weighted by molar-refractivity contribution is -0.384. The molecule has 0 saturated heterocycles. The highest BCUT2D eigenvalue weighted by Crippen LogP contribution is 2.17. The van der Waals surface area contributed by atoms with Gasteiger partial charge in [0.25, 0.3) is 5.69 Å². The number of nitro benzene ring substituents is 1. The molecule has 0 aliphatic carbocycles. The number of non-ortho nitro benzene ring substituents is 1. The number of hydrogen-bond donors (Lipinski definition) is 1. The van der Waals surface area contributed by atoms with E-state index in [9.17, 15) is 14.9 Å². The van der Waals surface area contributed by atoms with Crippen LogP contribution in [0.2, 0.25) is 0 Å². The van der Waals surface area contributed by atoms with E-state index in [0.717, 1.165) is 11.1 Å². The second kappa shape index (κ2) is 8.21. The first-order chi connectivity index (χ1) is 11.5. The molecule has 0 radical (unpaired) electrons. The Morgan fingerprint density at radius 2 is 1.75 bits per heavy atom. The molecule has 2 aromatic carbocycles. The minimum atomic E-state index is -0.453. The maximum absolute atomic E-state index is 12.1. The van der Waals surface area contributed by atoms with E-state index in [-0.39, 0.29) is 24.1 Å². The maximum Gasteiger partial charge on any atom is 0.269 e. The number of nitrogens with one attached hydrogen (secondary N) is 1. The summed E-state index contributed by atoms with van der Waals surface area (Å²) >= 11 is 0. The van der Waals surface area contributed by atoms with Crippen LogP contribution in [-0.4, -0.2) is 36.4 Å². The summed E-state index contributed by atoms with van der Waals surface area (Å²) in [5.41, 5.74) is 1.91. The fourth-order valence-corrected chi connectivity index (χ4v) is 2.47. The van der Waals surface area contributed by atoms with Crippen molar-refractivity contribution in [1.29, 1.82) is 0 Å². The van der Waals surface area contributed by atoms with E-state index >= 15 is 0 Å². The van der Waals surface area contributed by atoms with Crippen LogP contribution < -0.4 is 5.32 Å². The Morgan fingerprint density at radius 3 is 2.29 bits per heavy atom. The van der Waals surface area contributed by atoms with Crippen LogP contribution in [0.4, 0.5) is 5.69 Å². The molecule has 24 heavy (non-hydrogen) atoms. The summed E-state index contributed by atoms with van der Waals surface area (Å²) in [5, 5.41) is 13.6. The van der Waals surface area contributed by atoms with Crippen molar-refractivity contribution < 1.29 is 9.72 Å². The van der Waals surface area contributed by atoms with E-state index in [4.69, 9.17) is 0 Å². The number of hydrogen-bond acceptors (Lipinski definition) is 4. The van der Waals surface area contributed by atoms with Crippen molar-refractivity contribution in [2.24, 2.45) is 0 Å². The molecule has 0 aliphatic heterocycles. The molecule has 0 heterocycles. The third-order valence-corrected chi connectivity index (χ3v) is 3.81. The van der Waals surface area contributed by atoms with Crippen molar-refractivity contribution in [2.45, 2.75) is 12.5 Å². The lowest BCUT2D eigenvalue weighted by Gasteiger charge is -2.25. The normalized spacial score (nSPS) is 12.0. The van der Waals surface area contributed by atoms with Crippen molar-refractivity contribution in [2.75, 3.05) is 20.6 Å². The fraction of sp³-hybridized carbons (Fsp3) is 0.278. The van der Waals surface area contributed by atoms with Gasteiger partial charge in [0.15, 0.2) is 0 Å². The van der Waals surface area contributed by atoms with Gasteiger partial charge in [-0.2, -0.15) is 0 Å². The quantitative estimate of drug-likeness (QED) is 0.626. The Hall–Kier alpha value is -2.73. The summed E-state index contributed by atoms with van der Waals surface area (Å²) in [5.74, 6) is -0.105. The van der Waals surface area contributed by atoms with Crippen molar-refractivity contribution in [3.05, 3.63) is 75.8 Å². The Labute approximate surface area is 141 Å². The molecule has 1 atom stereocenters. The fourth-order valence-electron chi connectivity index (χ4n) is 2.47. The van der Waals surface area contributed by atoms with Gasteiger partial charge in [-0.15, -0.1) is 0 Å². The van der Waals surface area contributed by atoms with Gasteiger partial charge < -0.3 is 10.2 Å². The molecule has 1 amide bonds. The molecular weight excluding hydrogens is 306 g/mol. The van der Waals surface area contributed by atoms with Gasteiger partial charge in [0, 0.05) is 18.7 Å². The highest BCUT2D eigenvalue weighted by Gasteiger charge is 2.15. The van der Waals surface area contributed by atoms with Crippen molar-refractivity contribution in [3.63, 3.8) is 0 Å². The molecule has 2 rings (SSSR count). The average molecular weight is 327 g/mol. The second-order valence-corrected chi connectivity index (χ2v) is 5.79. The minimum absolute atomic E-state index is 0.0240. The van der Waals surface area contributed by atoms with Crippen LogP contribution in [0.25, 0.3) is 0 Å². The topological polar surface area (TPSA) is 75.5 Å². The predicted octanol–water partition coefficient (Wildman–Crippen LogP) is 2.56. The first-order valence-electron chi connectivity index (χ1n) is 7.69. The summed E-state index contributed by atoms with van der Waals surface area (Å²) in [4.78, 5) is 24.4. The largest absolute Gasteiger partial charge is 0.354 e. The second-order valence-electron chi connectivity index (χ2n) is 5.79. The highest BCUT2D eigenvalue weighted by atomic mass is 16.6. The molecule has 126 valence electrons. The van der Waals surface area contributed by atoms with Crippen molar-refractivity contribution in [3.8, 4) is 0 Å². The predicted molar refractivity (Wildman–Crippen MR) is 92.7 cm³/mol. The van der Waals surface area contributed by atoms with Crippen molar-refractivity contribution >= 4 is 11.6 Å². The standard InChI is InChI=1S/C18H21N3O3/c1-20(2)17(15-6-4-3-5-7-15)13-19-18(22)12-14-8-10-16(11-9-14)21(23)24/h3-11,17H,12-13H2,1-2H3,(H,19,22)/t17-/m0/s1. The van der Waals surface area contributed by atoms with Crippen LogP contribution >= 0.6 is 0 Å². The van der Waals surface area contributed by atoms with E-state index < -0.39 is 4.92 Å². The van der Waals surface area contributed by atoms with E-state index in [1.54, 1.807) is 12.1 Å². The molecule has 0 fully saturated rings. The molecule has 0 aromatic heterocycles. The Bertz CT molecular complexity index is 684. The molecule has 0 aliphatic rings. The smallest absolute Gasteiger partial charge is 0.269 e. The first-order valence-corrected chi connectivity index (χ1v) is 7.69. The van der Waals surface area contributed by atoms with Gasteiger partial charge in [0.2, 0.25) is 5.91 Å². The van der Waals surface area contributed by atoms with Crippen molar-refractivity contribution in [1.82, 2.24) is 10.2 Å². The van der Waals surface area contributed by atoms with Crippen LogP contribution in [0.1, 0.15) is 17.2 Å². The molecule has 0 unspecified atom stereocenters. The number of carbonyl (C=O) groups is 1. The van der Waals surface area contributed by atoms with Gasteiger partial charge in [0.1, 0.15) is 0 Å². The maximum atomic E-state index is 12.1. The Balaban J connectivity index is 1.92. The van der Waals surface area contributed by atoms with Gasteiger partial charge in [0.05, 0.1) is 17.4 Å². The van der Waals surface area contributed by atoms with Gasteiger partial charge in [-0.05, 0) is 25.2 Å². The zero-order chi connectivity index (χ0) is 17.5. The van der Waals surface area contributed by atoms with E-state index in [2.05, 4.69) is 10.2 Å². The lowest BCUT2D eigenvalue weighted by Crippen LogP contribution is -2.35. The summed E-state index contributed by atoms with van der Waals surface area (Å²) in [6.45, 7) is 0.503. The summed E-state index contributed by atoms with van der Waals surface area (Å²) in [7, 11) is 3.94. The number of rotatable bonds is 7. The van der Waals surface area contributed by atoms with Crippen LogP contribution in [-0.2, 0) is 11.2 Å². The van der Waals surface area contributed by atoms with Gasteiger partial charge in [-0.1, -0.05) is 42.5 Å². The summed E-state index contributed by atoms with van der Waals surface area (Å²) in [6, 6.07) is 16.1. The SMILES string of the molecule is CN(C)[C@@H](CNC(=O)Cc1ccc([N+](=O)[O-])cc1)c1ccccc1. The highest BCUT2D eigenvalue weighted by molar-refractivity contribution is 5.78. The average Bonchev–Trinajstić information content (AvgIpc) is 2.56. The van der Waals surface area contributed by atoms with Gasteiger partial charge in [-0.3, -0.25) is 14.9 Å². The first kappa shape index (κ1) is 17.6. The summed E-state index contributed by atoms with van der Waals surface area (Å²) < 4.78 is 0. The zero-order valence-corrected chi connectivity index (χ0v) is 13.8. The number of nitrogens with zero attached hydrogens (tertiary/aromatic N) is 2. The Kier molecular flexibility index (Phi) is 6.03. The summed E-state index contributed by atoms with van der Waals surface area (Å²) in [6.07, 6.45) is 0.201. The molecule has 0 saturated carbocycles. The van der Waals surface area contributed by atoms with Crippen LogP contribution in [0, 0.1) is 10.1 Å². The minimum Gasteiger partial charge on any atom is -0.354 e. The van der Waals surface area contributed by atoms with Gasteiger partial charge >= 0.3 is 0 Å². The third kappa shape index (κ3) is 4.89. The van der Waals surface area contributed by atoms with E-state index in [1.165, 1.54) is 12.1 Å². The molecule has 2 aromatic rings. The van der Waals surface area contributed by atoms with Gasteiger partial charge in [-0.25, -0.2) is 0 Å². The molecule has 0 spiro atoms. The molecule has 1 N–H and O–H groups in total. The molecule has 0 bridgehead atoms. The number of amides is 1. The molecule has 6 heteroatoms. The third-order valence-electron chi connectivity index (χ3n) is 3.81. The number of likely N-dealkylation sites (N-methyl/N-ethyl adjacent to an activating group) is 1. The molecule has 6 nitrogen and oxygen atoms in total. The molecular formula is C18H21N3O3. The van der Waals surface area contributed by atoms with E-state index in [1.807, 2.05) is 44.4 Å². The Morgan fingerprint density at radius 1 is 1.12 bits per heavy atom. The monoisotopic (exact) mass is 327 g/mol. The van der Waals surface area contributed by atoms with Crippen LogP contribution in [0.5, 0.6) is 0 Å².